The first-order chi connectivity index (χ1) is 13.6. The van der Waals surface area contributed by atoms with E-state index in [1.807, 2.05) is 0 Å². The molecular formula is C24H40O5. The van der Waals surface area contributed by atoms with E-state index in [1.165, 1.54) is 0 Å². The van der Waals surface area contributed by atoms with Crippen LogP contribution in [-0.4, -0.2) is 44.7 Å². The first kappa shape index (κ1) is 21.6. The first-order valence-corrected chi connectivity index (χ1v) is 11.8. The fourth-order valence-corrected chi connectivity index (χ4v) is 8.68. The third-order valence-electron chi connectivity index (χ3n) is 10.3. The molecule has 4 fully saturated rings. The Hall–Kier alpha value is -0.650. The first-order valence-electron chi connectivity index (χ1n) is 11.8. The smallest absolute Gasteiger partial charge is 0.303 e. The monoisotopic (exact) mass is 408 g/mol. The molecule has 0 spiro atoms. The number of hydrogen-bond donors (Lipinski definition) is 4. The summed E-state index contributed by atoms with van der Waals surface area (Å²) in [6.07, 6.45) is 6.00. The van der Waals surface area contributed by atoms with Gasteiger partial charge in [-0.05, 0) is 97.7 Å². The van der Waals surface area contributed by atoms with Crippen molar-refractivity contribution in [2.75, 3.05) is 0 Å². The van der Waals surface area contributed by atoms with Crippen molar-refractivity contribution in [2.24, 2.45) is 46.3 Å². The number of carboxylic acids is 1. The van der Waals surface area contributed by atoms with E-state index >= 15 is 0 Å². The van der Waals surface area contributed by atoms with Crippen LogP contribution in [0.5, 0.6) is 0 Å². The Morgan fingerprint density at radius 2 is 1.76 bits per heavy atom. The van der Waals surface area contributed by atoms with Gasteiger partial charge in [-0.3, -0.25) is 4.79 Å². The van der Waals surface area contributed by atoms with Crippen molar-refractivity contribution in [1.29, 1.82) is 0 Å². The van der Waals surface area contributed by atoms with Crippen LogP contribution < -0.4 is 0 Å². The molecule has 4 saturated carbocycles. The maximum absolute atomic E-state index is 11.5. The lowest BCUT2D eigenvalue weighted by Crippen LogP contribution is -2.62. The number of carboxylic acid groups (broad SMARTS) is 1. The summed E-state index contributed by atoms with van der Waals surface area (Å²) in [5.74, 6) is 0.997. The van der Waals surface area contributed by atoms with Crippen molar-refractivity contribution in [3.05, 3.63) is 0 Å². The highest BCUT2D eigenvalue weighted by atomic mass is 16.4. The standard InChI is InChI=1S/C24H40O5/c1-13(4-7-21(28)29)16-5-6-17-22-18(12-20(27)24(16,17)3)23(2)9-8-15(25)10-14(23)11-19(22)26/h13-20,22,25-27H,4-12H2,1-3H3,(H,28,29)/t13-,14+,15+,16-,17+,18+,19+,20-,22+,23-,24+/m0/s1. The van der Waals surface area contributed by atoms with E-state index in [1.54, 1.807) is 0 Å². The van der Waals surface area contributed by atoms with E-state index in [0.717, 1.165) is 44.9 Å². The second-order valence-electron chi connectivity index (χ2n) is 11.4. The molecule has 0 aliphatic heterocycles. The average Bonchev–Trinajstić information content (AvgIpc) is 3.01. The van der Waals surface area contributed by atoms with Crippen molar-refractivity contribution in [3.63, 3.8) is 0 Å². The summed E-state index contributed by atoms with van der Waals surface area (Å²) in [6, 6.07) is 0. The Balaban J connectivity index is 1.61. The van der Waals surface area contributed by atoms with Gasteiger partial charge in [0.1, 0.15) is 0 Å². The van der Waals surface area contributed by atoms with Crippen LogP contribution in [0.15, 0.2) is 0 Å². The van der Waals surface area contributed by atoms with Crippen LogP contribution >= 0.6 is 0 Å². The molecule has 0 aromatic carbocycles. The van der Waals surface area contributed by atoms with E-state index in [2.05, 4.69) is 20.8 Å². The molecule has 4 aliphatic carbocycles. The zero-order valence-electron chi connectivity index (χ0n) is 18.3. The molecule has 29 heavy (non-hydrogen) atoms. The SMILES string of the molecule is C[C@@H](CCC(=O)O)[C@@H]1CC[C@@H]2[C@H]3[C@H](O)C[C@H]4C[C@H](O)CC[C@]4(C)[C@@H]3C[C@H](O)[C@@]21C. The van der Waals surface area contributed by atoms with E-state index < -0.39 is 12.1 Å². The summed E-state index contributed by atoms with van der Waals surface area (Å²) in [6.45, 7) is 6.72. The number of rotatable bonds is 4. The largest absolute Gasteiger partial charge is 0.481 e. The molecule has 5 nitrogen and oxygen atoms in total. The van der Waals surface area contributed by atoms with Crippen LogP contribution in [0.2, 0.25) is 0 Å². The fraction of sp³-hybridized carbons (Fsp3) is 0.958. The molecule has 0 radical (unpaired) electrons. The van der Waals surface area contributed by atoms with Gasteiger partial charge in [-0.25, -0.2) is 0 Å². The molecule has 4 rings (SSSR count). The van der Waals surface area contributed by atoms with Gasteiger partial charge in [-0.1, -0.05) is 20.8 Å². The van der Waals surface area contributed by atoms with Crippen LogP contribution in [-0.2, 0) is 4.79 Å². The van der Waals surface area contributed by atoms with E-state index in [9.17, 15) is 20.1 Å². The van der Waals surface area contributed by atoms with Gasteiger partial charge in [0.15, 0.2) is 0 Å². The number of hydrogen-bond acceptors (Lipinski definition) is 4. The number of carbonyl (C=O) groups is 1. The number of aliphatic hydroxyl groups is 3. The molecular weight excluding hydrogens is 368 g/mol. The average molecular weight is 409 g/mol. The molecule has 4 aliphatic rings. The van der Waals surface area contributed by atoms with Gasteiger partial charge in [0.25, 0.3) is 0 Å². The number of aliphatic carboxylic acids is 1. The van der Waals surface area contributed by atoms with Crippen molar-refractivity contribution >= 4 is 5.97 Å². The normalized spacial score (nSPS) is 52.9. The zero-order valence-corrected chi connectivity index (χ0v) is 18.3. The van der Waals surface area contributed by atoms with E-state index in [0.29, 0.717) is 30.1 Å². The van der Waals surface area contributed by atoms with Crippen molar-refractivity contribution in [2.45, 2.75) is 96.9 Å². The van der Waals surface area contributed by atoms with Gasteiger partial charge in [0.05, 0.1) is 18.3 Å². The van der Waals surface area contributed by atoms with Crippen molar-refractivity contribution < 1.29 is 25.2 Å². The lowest BCUT2D eigenvalue weighted by atomic mass is 9.43. The lowest BCUT2D eigenvalue weighted by Gasteiger charge is -2.63. The van der Waals surface area contributed by atoms with Gasteiger partial charge in [-0.15, -0.1) is 0 Å². The summed E-state index contributed by atoms with van der Waals surface area (Å²) in [5, 5.41) is 42.0. The lowest BCUT2D eigenvalue weighted by molar-refractivity contribution is -0.207. The number of fused-ring (bicyclic) bond motifs is 5. The molecule has 5 heteroatoms. The van der Waals surface area contributed by atoms with Crippen LogP contribution in [0, 0.1) is 46.3 Å². The topological polar surface area (TPSA) is 98.0 Å². The predicted octanol–water partition coefficient (Wildman–Crippen LogP) is 3.45. The van der Waals surface area contributed by atoms with Crippen LogP contribution in [0.3, 0.4) is 0 Å². The molecule has 0 heterocycles. The molecule has 4 N–H and O–H groups in total. The predicted molar refractivity (Wildman–Crippen MR) is 110 cm³/mol. The second-order valence-corrected chi connectivity index (χ2v) is 11.4. The molecule has 11 atom stereocenters. The Bertz CT molecular complexity index is 637. The van der Waals surface area contributed by atoms with Crippen LogP contribution in [0.25, 0.3) is 0 Å². The molecule has 166 valence electrons. The highest BCUT2D eigenvalue weighted by molar-refractivity contribution is 5.66. The van der Waals surface area contributed by atoms with Crippen molar-refractivity contribution in [3.8, 4) is 0 Å². The Labute approximate surface area is 174 Å². The molecule has 0 bridgehead atoms. The van der Waals surface area contributed by atoms with Gasteiger partial charge in [0.2, 0.25) is 0 Å². The molecule has 0 amide bonds. The maximum Gasteiger partial charge on any atom is 0.303 e. The Morgan fingerprint density at radius 3 is 2.45 bits per heavy atom. The molecule has 0 unspecified atom stereocenters. The quantitative estimate of drug-likeness (QED) is 0.571. The minimum atomic E-state index is -0.748. The third kappa shape index (κ3) is 3.27. The Morgan fingerprint density at radius 1 is 1.03 bits per heavy atom. The minimum absolute atomic E-state index is 0.0957. The summed E-state index contributed by atoms with van der Waals surface area (Å²) in [4.78, 5) is 11.1. The third-order valence-corrected chi connectivity index (χ3v) is 10.3. The van der Waals surface area contributed by atoms with E-state index in [4.69, 9.17) is 5.11 Å². The molecule has 0 saturated heterocycles. The summed E-state index contributed by atoms with van der Waals surface area (Å²) < 4.78 is 0. The van der Waals surface area contributed by atoms with Crippen molar-refractivity contribution in [1.82, 2.24) is 0 Å². The van der Waals surface area contributed by atoms with Gasteiger partial charge in [-0.2, -0.15) is 0 Å². The second kappa shape index (κ2) is 7.49. The van der Waals surface area contributed by atoms with Crippen LogP contribution in [0.4, 0.5) is 0 Å². The number of aliphatic hydroxyl groups excluding tert-OH is 3. The Kier molecular flexibility index (Phi) is 5.57. The highest BCUT2D eigenvalue weighted by Gasteiger charge is 2.65. The summed E-state index contributed by atoms with van der Waals surface area (Å²) in [5.41, 5.74) is -0.143. The summed E-state index contributed by atoms with van der Waals surface area (Å²) in [7, 11) is 0. The highest BCUT2D eigenvalue weighted by Crippen LogP contribution is 2.68. The molecule has 0 aromatic rings. The van der Waals surface area contributed by atoms with Gasteiger partial charge < -0.3 is 20.4 Å². The van der Waals surface area contributed by atoms with Crippen LogP contribution in [0.1, 0.15) is 78.6 Å². The van der Waals surface area contributed by atoms with Gasteiger partial charge in [0, 0.05) is 6.42 Å². The molecule has 0 aromatic heterocycles. The summed E-state index contributed by atoms with van der Waals surface area (Å²) >= 11 is 0. The zero-order chi connectivity index (χ0) is 21.1. The fourth-order valence-electron chi connectivity index (χ4n) is 8.68. The minimum Gasteiger partial charge on any atom is -0.481 e. The van der Waals surface area contributed by atoms with Gasteiger partial charge >= 0.3 is 5.97 Å². The van der Waals surface area contributed by atoms with E-state index in [-0.39, 0.29) is 41.3 Å². The maximum atomic E-state index is 11.5.